The Morgan fingerprint density at radius 1 is 1.10 bits per heavy atom. The highest BCUT2D eigenvalue weighted by molar-refractivity contribution is 7.22. The second-order valence-corrected chi connectivity index (χ2v) is 9.61. The SMILES string of the molecule is Cc1ccc(C(=O)C2CCN(C(=O)c3sc(-c4cccs4)nc3C)CC2)c(C)c1. The van der Waals surface area contributed by atoms with Crippen LogP contribution in [-0.4, -0.2) is 34.7 Å². The fourth-order valence-electron chi connectivity index (χ4n) is 3.90. The van der Waals surface area contributed by atoms with Crippen LogP contribution in [0.3, 0.4) is 0 Å². The number of rotatable bonds is 4. The summed E-state index contributed by atoms with van der Waals surface area (Å²) in [6.07, 6.45) is 1.43. The number of likely N-dealkylation sites (tertiary alicyclic amines) is 1. The first-order valence-corrected chi connectivity index (χ1v) is 11.6. The van der Waals surface area contributed by atoms with Gasteiger partial charge >= 0.3 is 0 Å². The molecule has 4 rings (SSSR count). The lowest BCUT2D eigenvalue weighted by Gasteiger charge is -2.31. The summed E-state index contributed by atoms with van der Waals surface area (Å²) in [5.41, 5.74) is 3.81. The van der Waals surface area contributed by atoms with Crippen LogP contribution >= 0.6 is 22.7 Å². The monoisotopic (exact) mass is 424 g/mol. The number of carbonyl (C=O) groups excluding carboxylic acids is 2. The molecule has 0 atom stereocenters. The maximum absolute atomic E-state index is 13.1. The Labute approximate surface area is 179 Å². The number of thiophene rings is 1. The molecule has 0 aliphatic carbocycles. The van der Waals surface area contributed by atoms with Gasteiger partial charge in [0.2, 0.25) is 0 Å². The van der Waals surface area contributed by atoms with Gasteiger partial charge in [0.25, 0.3) is 5.91 Å². The Balaban J connectivity index is 1.43. The molecule has 150 valence electrons. The summed E-state index contributed by atoms with van der Waals surface area (Å²) in [6, 6.07) is 10.0. The van der Waals surface area contributed by atoms with Crippen LogP contribution in [0.15, 0.2) is 35.7 Å². The van der Waals surface area contributed by atoms with Crippen molar-refractivity contribution >= 4 is 34.4 Å². The summed E-state index contributed by atoms with van der Waals surface area (Å²) in [5, 5.41) is 2.92. The lowest BCUT2D eigenvalue weighted by atomic mass is 9.87. The normalized spacial score (nSPS) is 14.9. The molecule has 1 amide bonds. The number of thiazole rings is 1. The zero-order chi connectivity index (χ0) is 20.5. The first-order valence-electron chi connectivity index (χ1n) is 9.86. The molecular weight excluding hydrogens is 400 g/mol. The second kappa shape index (κ2) is 8.20. The molecule has 0 N–H and O–H groups in total. The minimum absolute atomic E-state index is 0.00954. The van der Waals surface area contributed by atoms with Crippen LogP contribution in [0, 0.1) is 26.7 Å². The van der Waals surface area contributed by atoms with Gasteiger partial charge in [-0.25, -0.2) is 4.98 Å². The smallest absolute Gasteiger partial charge is 0.265 e. The van der Waals surface area contributed by atoms with Crippen molar-refractivity contribution in [1.82, 2.24) is 9.88 Å². The number of hydrogen-bond donors (Lipinski definition) is 0. The molecule has 3 heterocycles. The summed E-state index contributed by atoms with van der Waals surface area (Å²) in [6.45, 7) is 7.17. The van der Waals surface area contributed by atoms with Crippen molar-refractivity contribution in [1.29, 1.82) is 0 Å². The summed E-state index contributed by atoms with van der Waals surface area (Å²) in [4.78, 5) is 34.3. The molecule has 4 nitrogen and oxygen atoms in total. The molecule has 0 spiro atoms. The Morgan fingerprint density at radius 2 is 1.86 bits per heavy atom. The highest BCUT2D eigenvalue weighted by Gasteiger charge is 2.30. The van der Waals surface area contributed by atoms with E-state index in [-0.39, 0.29) is 17.6 Å². The predicted octanol–water partition coefficient (Wildman–Crippen LogP) is 5.53. The number of piperidine rings is 1. The average molecular weight is 425 g/mol. The molecule has 1 fully saturated rings. The third kappa shape index (κ3) is 4.05. The topological polar surface area (TPSA) is 50.3 Å². The first-order chi connectivity index (χ1) is 13.9. The minimum atomic E-state index is -0.00954. The van der Waals surface area contributed by atoms with Crippen molar-refractivity contribution < 1.29 is 9.59 Å². The van der Waals surface area contributed by atoms with Crippen LogP contribution < -0.4 is 0 Å². The molecule has 0 radical (unpaired) electrons. The Morgan fingerprint density at radius 3 is 2.52 bits per heavy atom. The average Bonchev–Trinajstić information content (AvgIpc) is 3.37. The highest BCUT2D eigenvalue weighted by Crippen LogP contribution is 2.32. The van der Waals surface area contributed by atoms with E-state index in [9.17, 15) is 9.59 Å². The molecule has 1 aliphatic heterocycles. The standard InChI is InChI=1S/C23H24N2O2S2/c1-14-6-7-18(15(2)13-14)20(26)17-8-10-25(11-9-17)23(27)21-16(3)24-22(29-21)19-5-4-12-28-19/h4-7,12-13,17H,8-11H2,1-3H3. The molecule has 0 saturated carbocycles. The van der Waals surface area contributed by atoms with E-state index in [1.165, 1.54) is 16.9 Å². The van der Waals surface area contributed by atoms with Crippen molar-refractivity contribution in [3.8, 4) is 9.88 Å². The fraction of sp³-hybridized carbons (Fsp3) is 0.348. The van der Waals surface area contributed by atoms with Crippen LogP contribution in [0.25, 0.3) is 9.88 Å². The number of aryl methyl sites for hydroxylation is 3. The van der Waals surface area contributed by atoms with E-state index >= 15 is 0 Å². The molecule has 6 heteroatoms. The van der Waals surface area contributed by atoms with E-state index in [0.717, 1.165) is 26.7 Å². The maximum atomic E-state index is 13.1. The third-order valence-electron chi connectivity index (χ3n) is 5.52. The van der Waals surface area contributed by atoms with Crippen LogP contribution in [0.1, 0.15) is 49.7 Å². The summed E-state index contributed by atoms with van der Waals surface area (Å²) >= 11 is 3.10. The predicted molar refractivity (Wildman–Crippen MR) is 119 cm³/mol. The molecule has 1 aliphatic rings. The van der Waals surface area contributed by atoms with Gasteiger partial charge in [-0.2, -0.15) is 0 Å². The van der Waals surface area contributed by atoms with Gasteiger partial charge < -0.3 is 4.90 Å². The van der Waals surface area contributed by atoms with Crippen LogP contribution in [0.4, 0.5) is 0 Å². The summed E-state index contributed by atoms with van der Waals surface area (Å²) < 4.78 is 0. The van der Waals surface area contributed by atoms with Crippen LogP contribution in [-0.2, 0) is 0 Å². The van der Waals surface area contributed by atoms with Gasteiger partial charge in [-0.15, -0.1) is 22.7 Å². The Bertz CT molecular complexity index is 1050. The van der Waals surface area contributed by atoms with Crippen molar-refractivity contribution in [3.63, 3.8) is 0 Å². The number of amides is 1. The molecule has 2 aromatic heterocycles. The molecule has 1 aromatic carbocycles. The highest BCUT2D eigenvalue weighted by atomic mass is 32.1. The largest absolute Gasteiger partial charge is 0.338 e. The lowest BCUT2D eigenvalue weighted by Crippen LogP contribution is -2.40. The minimum Gasteiger partial charge on any atom is -0.338 e. The number of aromatic nitrogens is 1. The van der Waals surface area contributed by atoms with E-state index in [4.69, 9.17) is 0 Å². The Kier molecular flexibility index (Phi) is 5.65. The van der Waals surface area contributed by atoms with E-state index in [1.807, 2.05) is 55.3 Å². The Hall–Kier alpha value is -2.31. The summed E-state index contributed by atoms with van der Waals surface area (Å²) in [5.74, 6) is 0.244. The molecule has 3 aromatic rings. The summed E-state index contributed by atoms with van der Waals surface area (Å²) in [7, 11) is 0. The van der Waals surface area contributed by atoms with Gasteiger partial charge in [-0.05, 0) is 50.6 Å². The fourth-order valence-corrected chi connectivity index (χ4v) is 5.73. The van der Waals surface area contributed by atoms with Crippen molar-refractivity contribution in [3.05, 3.63) is 63.0 Å². The molecule has 29 heavy (non-hydrogen) atoms. The van der Waals surface area contributed by atoms with Gasteiger partial charge in [0.1, 0.15) is 9.88 Å². The number of ketones is 1. The van der Waals surface area contributed by atoms with Crippen molar-refractivity contribution in [2.75, 3.05) is 13.1 Å². The number of nitrogens with zero attached hydrogens (tertiary/aromatic N) is 2. The van der Waals surface area contributed by atoms with Gasteiger partial charge in [0.15, 0.2) is 5.78 Å². The van der Waals surface area contributed by atoms with Crippen LogP contribution in [0.2, 0.25) is 0 Å². The van der Waals surface area contributed by atoms with Crippen molar-refractivity contribution in [2.24, 2.45) is 5.92 Å². The van der Waals surface area contributed by atoms with Gasteiger partial charge in [-0.3, -0.25) is 9.59 Å². The van der Waals surface area contributed by atoms with Crippen LogP contribution in [0.5, 0.6) is 0 Å². The molecule has 0 unspecified atom stereocenters. The number of Topliss-reactive ketones (excluding diaryl/α,β-unsaturated/α-hetero) is 1. The number of hydrogen-bond acceptors (Lipinski definition) is 5. The van der Waals surface area contributed by atoms with Crippen molar-refractivity contribution in [2.45, 2.75) is 33.6 Å². The van der Waals surface area contributed by atoms with Gasteiger partial charge in [0, 0.05) is 24.6 Å². The zero-order valence-corrected chi connectivity index (χ0v) is 18.5. The van der Waals surface area contributed by atoms with E-state index < -0.39 is 0 Å². The zero-order valence-electron chi connectivity index (χ0n) is 16.9. The lowest BCUT2D eigenvalue weighted by molar-refractivity contribution is 0.0653. The third-order valence-corrected chi connectivity index (χ3v) is 7.71. The molecule has 0 bridgehead atoms. The number of benzene rings is 1. The maximum Gasteiger partial charge on any atom is 0.265 e. The second-order valence-electron chi connectivity index (χ2n) is 7.66. The quantitative estimate of drug-likeness (QED) is 0.517. The first kappa shape index (κ1) is 20.0. The number of carbonyl (C=O) groups is 2. The van der Waals surface area contributed by atoms with E-state index in [1.54, 1.807) is 11.3 Å². The molecular formula is C23H24N2O2S2. The molecule has 1 saturated heterocycles. The van der Waals surface area contributed by atoms with E-state index in [0.29, 0.717) is 30.8 Å². The van der Waals surface area contributed by atoms with Gasteiger partial charge in [-0.1, -0.05) is 29.8 Å². The van der Waals surface area contributed by atoms with E-state index in [2.05, 4.69) is 11.1 Å². The van der Waals surface area contributed by atoms with Gasteiger partial charge in [0.05, 0.1) is 10.6 Å².